The predicted octanol–water partition coefficient (Wildman–Crippen LogP) is 1.61. The standard InChI is InChI=1S/C16H23N5O/c1-4-13-8-14(20-7-5-6-12(9-20)15(17)22)21-16(18-13)10(2)11(3)19-21/h8,12H,4-7,9H2,1-3H3,(H2,17,22)/t12-/m0/s1. The first kappa shape index (κ1) is 14.8. The van der Waals surface area contributed by atoms with E-state index < -0.39 is 0 Å². The highest BCUT2D eigenvalue weighted by Crippen LogP contribution is 2.26. The molecule has 0 unspecified atom stereocenters. The zero-order valence-corrected chi connectivity index (χ0v) is 13.5. The van der Waals surface area contributed by atoms with Crippen molar-refractivity contribution < 1.29 is 4.79 Å². The number of nitrogens with zero attached hydrogens (tertiary/aromatic N) is 4. The van der Waals surface area contributed by atoms with Crippen molar-refractivity contribution in [2.24, 2.45) is 11.7 Å². The summed E-state index contributed by atoms with van der Waals surface area (Å²) in [7, 11) is 0. The fourth-order valence-electron chi connectivity index (χ4n) is 3.09. The normalized spacial score (nSPS) is 18.9. The molecule has 22 heavy (non-hydrogen) atoms. The van der Waals surface area contributed by atoms with E-state index in [1.807, 2.05) is 11.4 Å². The molecule has 0 radical (unpaired) electrons. The Balaban J connectivity index is 2.09. The Bertz CT molecular complexity index is 721. The van der Waals surface area contributed by atoms with Gasteiger partial charge in [0, 0.05) is 30.4 Å². The molecule has 0 saturated carbocycles. The van der Waals surface area contributed by atoms with E-state index in [1.54, 1.807) is 0 Å². The van der Waals surface area contributed by atoms with Crippen LogP contribution < -0.4 is 10.6 Å². The van der Waals surface area contributed by atoms with Crippen molar-refractivity contribution >= 4 is 17.4 Å². The lowest BCUT2D eigenvalue weighted by Gasteiger charge is -2.33. The van der Waals surface area contributed by atoms with E-state index in [-0.39, 0.29) is 11.8 Å². The molecule has 118 valence electrons. The molecule has 2 N–H and O–H groups in total. The van der Waals surface area contributed by atoms with Gasteiger partial charge in [-0.2, -0.15) is 9.61 Å². The molecule has 6 heteroatoms. The number of hydrogen-bond acceptors (Lipinski definition) is 4. The molecule has 0 aromatic carbocycles. The van der Waals surface area contributed by atoms with Crippen LogP contribution in [0, 0.1) is 19.8 Å². The third-order valence-corrected chi connectivity index (χ3v) is 4.60. The van der Waals surface area contributed by atoms with Crippen molar-refractivity contribution in [3.63, 3.8) is 0 Å². The van der Waals surface area contributed by atoms with Crippen LogP contribution in [-0.2, 0) is 11.2 Å². The smallest absolute Gasteiger partial charge is 0.222 e. The maximum Gasteiger partial charge on any atom is 0.222 e. The van der Waals surface area contributed by atoms with Gasteiger partial charge in [-0.25, -0.2) is 4.98 Å². The summed E-state index contributed by atoms with van der Waals surface area (Å²) in [5.74, 6) is 0.724. The summed E-state index contributed by atoms with van der Waals surface area (Å²) < 4.78 is 1.91. The second kappa shape index (κ2) is 5.59. The quantitative estimate of drug-likeness (QED) is 0.934. The molecule has 2 aromatic heterocycles. The average molecular weight is 301 g/mol. The van der Waals surface area contributed by atoms with Gasteiger partial charge >= 0.3 is 0 Å². The van der Waals surface area contributed by atoms with Crippen LogP contribution in [0.4, 0.5) is 5.82 Å². The number of piperidine rings is 1. The van der Waals surface area contributed by atoms with Crippen LogP contribution in [-0.4, -0.2) is 33.6 Å². The van der Waals surface area contributed by atoms with Gasteiger partial charge in [0.15, 0.2) is 5.65 Å². The molecule has 1 atom stereocenters. The number of carbonyl (C=O) groups is 1. The largest absolute Gasteiger partial charge is 0.369 e. The third-order valence-electron chi connectivity index (χ3n) is 4.60. The minimum atomic E-state index is -0.210. The van der Waals surface area contributed by atoms with Crippen LogP contribution in [0.1, 0.15) is 36.7 Å². The van der Waals surface area contributed by atoms with Gasteiger partial charge in [-0.1, -0.05) is 6.92 Å². The van der Waals surface area contributed by atoms with Crippen molar-refractivity contribution in [1.29, 1.82) is 0 Å². The first-order valence-electron chi connectivity index (χ1n) is 7.91. The Morgan fingerprint density at radius 2 is 2.23 bits per heavy atom. The SMILES string of the molecule is CCc1cc(N2CCC[C@H](C(N)=O)C2)n2nc(C)c(C)c2n1. The van der Waals surface area contributed by atoms with Gasteiger partial charge in [-0.3, -0.25) is 4.79 Å². The fraction of sp³-hybridized carbons (Fsp3) is 0.562. The number of amides is 1. The first-order chi connectivity index (χ1) is 10.5. The Morgan fingerprint density at radius 3 is 2.91 bits per heavy atom. The van der Waals surface area contributed by atoms with Gasteiger partial charge in [-0.05, 0) is 33.1 Å². The molecule has 1 aliphatic heterocycles. The number of fused-ring (bicyclic) bond motifs is 1. The van der Waals surface area contributed by atoms with E-state index in [1.165, 1.54) is 0 Å². The van der Waals surface area contributed by atoms with E-state index in [4.69, 9.17) is 10.7 Å². The molecule has 2 aromatic rings. The molecule has 0 aliphatic carbocycles. The summed E-state index contributed by atoms with van der Waals surface area (Å²) in [6.45, 7) is 7.74. The summed E-state index contributed by atoms with van der Waals surface area (Å²) in [5.41, 5.74) is 9.56. The van der Waals surface area contributed by atoms with Gasteiger partial charge in [-0.15, -0.1) is 0 Å². The number of primary amides is 1. The highest BCUT2D eigenvalue weighted by molar-refractivity contribution is 5.77. The Morgan fingerprint density at radius 1 is 1.45 bits per heavy atom. The number of nitrogens with two attached hydrogens (primary N) is 1. The Labute approximate surface area is 130 Å². The second-order valence-corrected chi connectivity index (χ2v) is 6.09. The van der Waals surface area contributed by atoms with Crippen LogP contribution in [0.3, 0.4) is 0 Å². The predicted molar refractivity (Wildman–Crippen MR) is 86.0 cm³/mol. The highest BCUT2D eigenvalue weighted by Gasteiger charge is 2.26. The summed E-state index contributed by atoms with van der Waals surface area (Å²) in [6, 6.07) is 2.09. The minimum Gasteiger partial charge on any atom is -0.369 e. The zero-order valence-electron chi connectivity index (χ0n) is 13.5. The fourth-order valence-corrected chi connectivity index (χ4v) is 3.09. The molecule has 1 saturated heterocycles. The van der Waals surface area contributed by atoms with Gasteiger partial charge in [0.1, 0.15) is 5.82 Å². The van der Waals surface area contributed by atoms with Crippen molar-refractivity contribution in [2.45, 2.75) is 40.0 Å². The van der Waals surface area contributed by atoms with E-state index >= 15 is 0 Å². The topological polar surface area (TPSA) is 76.5 Å². The highest BCUT2D eigenvalue weighted by atomic mass is 16.1. The van der Waals surface area contributed by atoms with E-state index in [2.05, 4.69) is 29.9 Å². The maximum absolute atomic E-state index is 11.5. The van der Waals surface area contributed by atoms with Crippen molar-refractivity contribution in [3.8, 4) is 0 Å². The lowest BCUT2D eigenvalue weighted by molar-refractivity contribution is -0.122. The van der Waals surface area contributed by atoms with Crippen molar-refractivity contribution in [1.82, 2.24) is 14.6 Å². The molecule has 0 bridgehead atoms. The number of carbonyl (C=O) groups excluding carboxylic acids is 1. The number of aryl methyl sites for hydroxylation is 3. The van der Waals surface area contributed by atoms with E-state index in [9.17, 15) is 4.79 Å². The number of anilines is 1. The van der Waals surface area contributed by atoms with Gasteiger partial charge in [0.2, 0.25) is 5.91 Å². The van der Waals surface area contributed by atoms with Crippen molar-refractivity contribution in [3.05, 3.63) is 23.0 Å². The molecule has 1 fully saturated rings. The van der Waals surface area contributed by atoms with Crippen LogP contribution in [0.25, 0.3) is 5.65 Å². The van der Waals surface area contributed by atoms with Crippen LogP contribution in [0.15, 0.2) is 6.07 Å². The van der Waals surface area contributed by atoms with Crippen LogP contribution in [0.5, 0.6) is 0 Å². The summed E-state index contributed by atoms with van der Waals surface area (Å²) in [5, 5.41) is 4.63. The number of aromatic nitrogens is 3. The summed E-state index contributed by atoms with van der Waals surface area (Å²) in [4.78, 5) is 18.5. The molecule has 1 aliphatic rings. The van der Waals surface area contributed by atoms with Gasteiger partial charge in [0.05, 0.1) is 11.6 Å². The second-order valence-electron chi connectivity index (χ2n) is 6.09. The Hall–Kier alpha value is -2.11. The molecule has 3 rings (SSSR count). The Kier molecular flexibility index (Phi) is 3.76. The zero-order chi connectivity index (χ0) is 15.9. The maximum atomic E-state index is 11.5. The van der Waals surface area contributed by atoms with E-state index in [0.29, 0.717) is 6.54 Å². The molecule has 0 spiro atoms. The lowest BCUT2D eigenvalue weighted by Crippen LogP contribution is -2.42. The molecule has 6 nitrogen and oxygen atoms in total. The molecule has 3 heterocycles. The monoisotopic (exact) mass is 301 g/mol. The average Bonchev–Trinajstić information content (AvgIpc) is 2.81. The molecule has 1 amide bonds. The van der Waals surface area contributed by atoms with Crippen molar-refractivity contribution in [2.75, 3.05) is 18.0 Å². The summed E-state index contributed by atoms with van der Waals surface area (Å²) in [6.07, 6.45) is 2.72. The molecular formula is C16H23N5O. The summed E-state index contributed by atoms with van der Waals surface area (Å²) >= 11 is 0. The van der Waals surface area contributed by atoms with Crippen LogP contribution in [0.2, 0.25) is 0 Å². The lowest BCUT2D eigenvalue weighted by atomic mass is 9.97. The minimum absolute atomic E-state index is 0.0835. The number of rotatable bonds is 3. The number of hydrogen-bond donors (Lipinski definition) is 1. The van der Waals surface area contributed by atoms with Crippen LogP contribution >= 0.6 is 0 Å². The third kappa shape index (κ3) is 2.42. The van der Waals surface area contributed by atoms with E-state index in [0.717, 1.165) is 54.2 Å². The first-order valence-corrected chi connectivity index (χ1v) is 7.91. The van der Waals surface area contributed by atoms with Gasteiger partial charge < -0.3 is 10.6 Å². The van der Waals surface area contributed by atoms with Gasteiger partial charge in [0.25, 0.3) is 0 Å². The molecular weight excluding hydrogens is 278 g/mol.